The van der Waals surface area contributed by atoms with E-state index in [4.69, 9.17) is 17.3 Å². The Morgan fingerprint density at radius 1 is 1.50 bits per heavy atom. The molecule has 0 unspecified atom stereocenters. The molecule has 1 fully saturated rings. The molecular weight excluding hydrogens is 268 g/mol. The van der Waals surface area contributed by atoms with Crippen LogP contribution in [0.1, 0.15) is 18.4 Å². The molecule has 0 saturated heterocycles. The molecule has 1 aromatic carbocycles. The summed E-state index contributed by atoms with van der Waals surface area (Å²) in [4.78, 5) is 0. The van der Waals surface area contributed by atoms with Gasteiger partial charge in [0.2, 0.25) is 0 Å². The molecule has 0 amide bonds. The summed E-state index contributed by atoms with van der Waals surface area (Å²) in [6.07, 6.45) is 2.09. The molecule has 0 spiro atoms. The van der Waals surface area contributed by atoms with Crippen LogP contribution >= 0.6 is 27.5 Å². The second kappa shape index (κ2) is 3.47. The average molecular weight is 279 g/mol. The molecule has 2 N–H and O–H groups in total. The molecule has 76 valence electrons. The van der Waals surface area contributed by atoms with E-state index >= 15 is 0 Å². The topological polar surface area (TPSA) is 26.0 Å². The summed E-state index contributed by atoms with van der Waals surface area (Å²) in [6, 6.07) is 3.09. The molecule has 0 radical (unpaired) electrons. The largest absolute Gasteiger partial charge is 0.330 e. The van der Waals surface area contributed by atoms with Crippen LogP contribution in [0.3, 0.4) is 0 Å². The lowest BCUT2D eigenvalue weighted by Crippen LogP contribution is -2.20. The maximum Gasteiger partial charge on any atom is 0.138 e. The summed E-state index contributed by atoms with van der Waals surface area (Å²) >= 11 is 9.14. The number of hydrogen-bond donors (Lipinski definition) is 1. The second-order valence-electron chi connectivity index (χ2n) is 3.73. The Labute approximate surface area is 95.6 Å². The minimum atomic E-state index is -0.327. The quantitative estimate of drug-likeness (QED) is 0.826. The number of nitrogens with two attached hydrogens (primary N) is 1. The monoisotopic (exact) mass is 277 g/mol. The van der Waals surface area contributed by atoms with E-state index in [2.05, 4.69) is 15.9 Å². The molecule has 1 nitrogen and oxygen atoms in total. The van der Waals surface area contributed by atoms with Gasteiger partial charge < -0.3 is 5.73 Å². The lowest BCUT2D eigenvalue weighted by Gasteiger charge is -2.15. The first-order valence-corrected chi connectivity index (χ1v) is 5.61. The van der Waals surface area contributed by atoms with Gasteiger partial charge in [-0.1, -0.05) is 11.6 Å². The first-order chi connectivity index (χ1) is 6.59. The van der Waals surface area contributed by atoms with E-state index in [-0.39, 0.29) is 11.2 Å². The minimum Gasteiger partial charge on any atom is -0.330 e. The smallest absolute Gasteiger partial charge is 0.138 e. The zero-order chi connectivity index (χ0) is 10.3. The normalized spacial score (nSPS) is 18.3. The van der Waals surface area contributed by atoms with Crippen molar-refractivity contribution in [1.82, 2.24) is 0 Å². The second-order valence-corrected chi connectivity index (χ2v) is 4.99. The van der Waals surface area contributed by atoms with E-state index in [0.29, 0.717) is 16.0 Å². The summed E-state index contributed by atoms with van der Waals surface area (Å²) in [5.41, 5.74) is 6.66. The van der Waals surface area contributed by atoms with Crippen LogP contribution in [0.25, 0.3) is 0 Å². The molecule has 2 rings (SSSR count). The fraction of sp³-hybridized carbons (Fsp3) is 0.400. The Morgan fingerprint density at radius 3 is 2.64 bits per heavy atom. The predicted octanol–water partition coefficient (Wildman–Crippen LogP) is 3.23. The molecule has 0 aromatic heterocycles. The standard InChI is InChI=1S/C10H10BrClFN/c11-7-3-6(8(12)4-9(7)13)10(5-14)1-2-10/h3-4H,1-2,5,14H2. The highest BCUT2D eigenvalue weighted by molar-refractivity contribution is 9.10. The maximum absolute atomic E-state index is 13.1. The molecule has 14 heavy (non-hydrogen) atoms. The zero-order valence-electron chi connectivity index (χ0n) is 7.49. The van der Waals surface area contributed by atoms with Gasteiger partial charge in [0.15, 0.2) is 0 Å². The van der Waals surface area contributed by atoms with Crippen LogP contribution in [-0.4, -0.2) is 6.54 Å². The fourth-order valence-electron chi connectivity index (χ4n) is 1.66. The van der Waals surface area contributed by atoms with Crippen molar-refractivity contribution < 1.29 is 4.39 Å². The average Bonchev–Trinajstić information content (AvgIpc) is 2.92. The Kier molecular flexibility index (Phi) is 2.58. The van der Waals surface area contributed by atoms with Gasteiger partial charge in [-0.15, -0.1) is 0 Å². The minimum absolute atomic E-state index is 0.00725. The van der Waals surface area contributed by atoms with Crippen LogP contribution in [0.4, 0.5) is 4.39 Å². The van der Waals surface area contributed by atoms with Crippen molar-refractivity contribution in [2.24, 2.45) is 5.73 Å². The summed E-state index contributed by atoms with van der Waals surface area (Å²) < 4.78 is 13.6. The molecule has 1 aliphatic carbocycles. The molecule has 1 saturated carbocycles. The lowest BCUT2D eigenvalue weighted by molar-refractivity contribution is 0.616. The number of benzene rings is 1. The van der Waals surface area contributed by atoms with Gasteiger partial charge in [0.05, 0.1) is 4.47 Å². The van der Waals surface area contributed by atoms with Gasteiger partial charge in [-0.05, 0) is 46.5 Å². The van der Waals surface area contributed by atoms with Crippen LogP contribution in [0.15, 0.2) is 16.6 Å². The highest BCUT2D eigenvalue weighted by Gasteiger charge is 2.44. The molecule has 4 heteroatoms. The third-order valence-corrected chi connectivity index (χ3v) is 3.75. The molecule has 0 atom stereocenters. The Hall–Kier alpha value is -0.120. The Morgan fingerprint density at radius 2 is 2.14 bits per heavy atom. The van der Waals surface area contributed by atoms with Crippen molar-refractivity contribution in [3.05, 3.63) is 33.0 Å². The molecule has 1 aromatic rings. The highest BCUT2D eigenvalue weighted by Crippen LogP contribution is 2.50. The molecule has 1 aliphatic rings. The van der Waals surface area contributed by atoms with E-state index in [1.807, 2.05) is 0 Å². The number of halogens is 3. The zero-order valence-corrected chi connectivity index (χ0v) is 9.83. The van der Waals surface area contributed by atoms with Gasteiger partial charge in [0.25, 0.3) is 0 Å². The van der Waals surface area contributed by atoms with Crippen molar-refractivity contribution in [1.29, 1.82) is 0 Å². The molecule has 0 aliphatic heterocycles. The van der Waals surface area contributed by atoms with E-state index in [1.165, 1.54) is 6.07 Å². The van der Waals surface area contributed by atoms with Crippen molar-refractivity contribution in [3.63, 3.8) is 0 Å². The van der Waals surface area contributed by atoms with Crippen LogP contribution < -0.4 is 5.73 Å². The van der Waals surface area contributed by atoms with Crippen LogP contribution in [0.2, 0.25) is 5.02 Å². The van der Waals surface area contributed by atoms with E-state index in [0.717, 1.165) is 18.4 Å². The summed E-state index contributed by atoms with van der Waals surface area (Å²) in [6.45, 7) is 0.574. The number of rotatable bonds is 2. The van der Waals surface area contributed by atoms with Crippen molar-refractivity contribution in [2.75, 3.05) is 6.54 Å². The summed E-state index contributed by atoms with van der Waals surface area (Å²) in [5, 5.41) is 0.480. The van der Waals surface area contributed by atoms with E-state index in [9.17, 15) is 4.39 Å². The van der Waals surface area contributed by atoms with Gasteiger partial charge in [0.1, 0.15) is 5.82 Å². The van der Waals surface area contributed by atoms with Crippen molar-refractivity contribution in [2.45, 2.75) is 18.3 Å². The molecular formula is C10H10BrClFN. The lowest BCUT2D eigenvalue weighted by atomic mass is 9.96. The molecule has 0 heterocycles. The van der Waals surface area contributed by atoms with Gasteiger partial charge in [-0.25, -0.2) is 4.39 Å². The summed E-state index contributed by atoms with van der Waals surface area (Å²) in [7, 11) is 0. The SMILES string of the molecule is NCC1(c2cc(Br)c(F)cc2Cl)CC1. The van der Waals surface area contributed by atoms with Gasteiger partial charge >= 0.3 is 0 Å². The highest BCUT2D eigenvalue weighted by atomic mass is 79.9. The van der Waals surface area contributed by atoms with Crippen LogP contribution in [-0.2, 0) is 5.41 Å². The van der Waals surface area contributed by atoms with Crippen LogP contribution in [0, 0.1) is 5.82 Å². The first kappa shape index (κ1) is 10.4. The Balaban J connectivity index is 2.49. The van der Waals surface area contributed by atoms with E-state index < -0.39 is 0 Å². The van der Waals surface area contributed by atoms with Gasteiger partial charge in [-0.3, -0.25) is 0 Å². The first-order valence-electron chi connectivity index (χ1n) is 4.44. The number of hydrogen-bond acceptors (Lipinski definition) is 1. The van der Waals surface area contributed by atoms with Gasteiger partial charge in [-0.2, -0.15) is 0 Å². The fourth-order valence-corrected chi connectivity index (χ4v) is 2.36. The van der Waals surface area contributed by atoms with E-state index in [1.54, 1.807) is 6.07 Å². The van der Waals surface area contributed by atoms with Crippen LogP contribution in [0.5, 0.6) is 0 Å². The predicted molar refractivity (Wildman–Crippen MR) is 59.1 cm³/mol. The Bertz CT molecular complexity index is 377. The van der Waals surface area contributed by atoms with Crippen molar-refractivity contribution in [3.8, 4) is 0 Å². The van der Waals surface area contributed by atoms with Crippen molar-refractivity contribution >= 4 is 27.5 Å². The maximum atomic E-state index is 13.1. The van der Waals surface area contributed by atoms with Gasteiger partial charge in [0, 0.05) is 17.0 Å². The summed E-state index contributed by atoms with van der Waals surface area (Å²) in [5.74, 6) is -0.327. The third-order valence-electron chi connectivity index (χ3n) is 2.83. The molecule has 0 bridgehead atoms. The third kappa shape index (κ3) is 1.58.